The van der Waals surface area contributed by atoms with Crippen molar-refractivity contribution >= 4 is 101 Å². The zero-order chi connectivity index (χ0) is 61.6. The first-order chi connectivity index (χ1) is 39.9. The second-order valence-electron chi connectivity index (χ2n) is 21.6. The largest absolute Gasteiger partial charge is 0.550 e. The Kier molecular flexibility index (Phi) is 26.8. The average molecular weight is 1220 g/mol. The molecule has 1 aromatic rings. The lowest BCUT2D eigenvalue weighted by Gasteiger charge is -2.31. The number of carbonyl (C=O) groups excluding carboxylic acids is 12. The number of rotatable bonds is 9. The maximum absolute atomic E-state index is 14.9. The van der Waals surface area contributed by atoms with Gasteiger partial charge in [0.1, 0.15) is 72.9 Å². The predicted molar refractivity (Wildman–Crippen MR) is 304 cm³/mol. The highest BCUT2D eigenvalue weighted by Crippen LogP contribution is 2.27. The summed E-state index contributed by atoms with van der Waals surface area (Å²) in [6.07, 6.45) is 1.22. The quantitative estimate of drug-likeness (QED) is 0.117. The number of nitrogens with zero attached hydrogens (tertiary/aromatic N) is 3. The SMILES string of the molecule is CC(C)C[C@@H]1NC(=O)[C@@H]2CCCN2C(=O)[C@@H]2CSCc3cc(cc(c3)OCCCCCCO/N=C/C(=O)N[C@@H](CCC(N)=O)C(=O)N2)CSC[C@@H](C(N)=O)NC(=O)C([C@@H](C)O)NC(=O)[C@@H]2CCCN2C(=O)[C@H](C)NC(=O)[C@H](CC(=O)[O-])NC1=O. The van der Waals surface area contributed by atoms with Crippen LogP contribution in [0.4, 0.5) is 0 Å². The minimum Gasteiger partial charge on any atom is -0.550 e. The third-order valence-corrected chi connectivity index (χ3v) is 16.4. The third-order valence-electron chi connectivity index (χ3n) is 14.2. The zero-order valence-electron chi connectivity index (χ0n) is 47.7. The van der Waals surface area contributed by atoms with Gasteiger partial charge in [-0.2, -0.15) is 23.5 Å². The van der Waals surface area contributed by atoms with E-state index >= 15 is 0 Å². The van der Waals surface area contributed by atoms with Gasteiger partial charge in [0, 0.05) is 54.9 Å². The van der Waals surface area contributed by atoms with Gasteiger partial charge < -0.3 is 83.1 Å². The minimum atomic E-state index is -1.86. The van der Waals surface area contributed by atoms with Gasteiger partial charge in [-0.05, 0) is 107 Å². The van der Waals surface area contributed by atoms with Gasteiger partial charge in [-0.1, -0.05) is 25.1 Å². The maximum atomic E-state index is 14.9. The number of amides is 11. The Morgan fingerprint density at radius 2 is 1.27 bits per heavy atom. The van der Waals surface area contributed by atoms with E-state index in [9.17, 15) is 67.7 Å². The normalized spacial score (nSPS) is 27.5. The first-order valence-electron chi connectivity index (χ1n) is 28.2. The highest BCUT2D eigenvalue weighted by molar-refractivity contribution is 7.98. The third kappa shape index (κ3) is 21.1. The van der Waals surface area contributed by atoms with Crippen LogP contribution in [0, 0.1) is 5.92 Å². The van der Waals surface area contributed by atoms with Crippen LogP contribution < -0.4 is 58.5 Å². The van der Waals surface area contributed by atoms with Crippen molar-refractivity contribution in [2.75, 3.05) is 37.8 Å². The number of benzene rings is 1. The molecule has 4 aliphatic rings. The van der Waals surface area contributed by atoms with Gasteiger partial charge in [-0.25, -0.2) is 0 Å². The van der Waals surface area contributed by atoms with Crippen molar-refractivity contribution in [3.63, 3.8) is 0 Å². The molecule has 0 spiro atoms. The number of carboxylic acids is 1. The van der Waals surface area contributed by atoms with Crippen molar-refractivity contribution in [1.29, 1.82) is 0 Å². The van der Waals surface area contributed by atoms with Crippen molar-refractivity contribution < 1.29 is 77.3 Å². The molecule has 0 aromatic heterocycles. The number of aliphatic hydroxyl groups is 1. The predicted octanol–water partition coefficient (Wildman–Crippen LogP) is -3.17. The molecule has 30 heteroatoms. The lowest BCUT2D eigenvalue weighted by molar-refractivity contribution is -0.306. The van der Waals surface area contributed by atoms with Gasteiger partial charge in [0.25, 0.3) is 5.91 Å². The van der Waals surface area contributed by atoms with Crippen LogP contribution in [0.15, 0.2) is 23.4 Å². The maximum Gasteiger partial charge on any atom is 0.266 e. The summed E-state index contributed by atoms with van der Waals surface area (Å²) in [6.45, 7) is 6.56. The Morgan fingerprint density at radius 3 is 1.88 bits per heavy atom. The highest BCUT2D eigenvalue weighted by atomic mass is 32.2. The van der Waals surface area contributed by atoms with Crippen LogP contribution >= 0.6 is 23.5 Å². The number of primary amides is 2. The second-order valence-corrected chi connectivity index (χ2v) is 23.7. The van der Waals surface area contributed by atoms with Crippen LogP contribution in [0.2, 0.25) is 0 Å². The summed E-state index contributed by atoms with van der Waals surface area (Å²) in [4.78, 5) is 171. The van der Waals surface area contributed by atoms with Crippen molar-refractivity contribution in [3.05, 3.63) is 29.3 Å². The van der Waals surface area contributed by atoms with Crippen molar-refractivity contribution in [1.82, 2.24) is 47.0 Å². The molecule has 0 radical (unpaired) electrons. The number of carbonyl (C=O) groups is 12. The summed E-state index contributed by atoms with van der Waals surface area (Å²) in [7, 11) is 0. The molecular formula is C54H79N12O16S2-. The van der Waals surface area contributed by atoms with Crippen LogP contribution in [0.5, 0.6) is 5.75 Å². The molecule has 28 nitrogen and oxygen atoms in total. The molecule has 12 N–H and O–H groups in total. The molecule has 4 bridgehead atoms. The Bertz CT molecular complexity index is 2590. The van der Waals surface area contributed by atoms with Gasteiger partial charge in [-0.3, -0.25) is 52.7 Å². The monoisotopic (exact) mass is 1220 g/mol. The Hall–Kier alpha value is -7.21. The number of carboxylic acid groups (broad SMARTS) is 1. The summed E-state index contributed by atoms with van der Waals surface area (Å²) in [5, 5.41) is 44.2. The van der Waals surface area contributed by atoms with E-state index in [2.05, 4.69) is 42.4 Å². The topological polar surface area (TPSA) is 422 Å². The molecule has 4 aliphatic heterocycles. The molecule has 84 heavy (non-hydrogen) atoms. The van der Waals surface area contributed by atoms with Gasteiger partial charge in [-0.15, -0.1) is 0 Å². The second kappa shape index (κ2) is 33.3. The molecule has 464 valence electrons. The number of aliphatic carboxylic acids is 1. The number of fused-ring (bicyclic) bond motifs is 7. The van der Waals surface area contributed by atoms with E-state index in [0.717, 1.165) is 29.5 Å². The van der Waals surface area contributed by atoms with Gasteiger partial charge in [0.05, 0.1) is 12.7 Å². The zero-order valence-corrected chi connectivity index (χ0v) is 49.3. The van der Waals surface area contributed by atoms with Gasteiger partial charge in [0.15, 0.2) is 0 Å². The number of oxime groups is 1. The number of nitrogens with one attached hydrogen (secondary N) is 7. The van der Waals surface area contributed by atoms with Crippen LogP contribution in [0.25, 0.3) is 0 Å². The molecule has 0 saturated carbocycles. The summed E-state index contributed by atoms with van der Waals surface area (Å²) in [5.74, 6) is -10.8. The van der Waals surface area contributed by atoms with Crippen LogP contribution in [0.3, 0.4) is 0 Å². The van der Waals surface area contributed by atoms with Crippen molar-refractivity contribution in [2.24, 2.45) is 22.5 Å². The number of thioether (sulfide) groups is 2. The van der Waals surface area contributed by atoms with E-state index < -0.39 is 138 Å². The number of ether oxygens (including phenoxy) is 1. The van der Waals surface area contributed by atoms with E-state index in [4.69, 9.17) is 21.0 Å². The summed E-state index contributed by atoms with van der Waals surface area (Å²) in [6, 6.07) is -7.34. The molecule has 2 saturated heterocycles. The molecule has 10 atom stereocenters. The number of hydrogen-bond donors (Lipinski definition) is 10. The molecular weight excluding hydrogens is 1140 g/mol. The lowest BCUT2D eigenvalue weighted by atomic mass is 10.0. The van der Waals surface area contributed by atoms with E-state index in [0.29, 0.717) is 43.6 Å². The fraction of sp³-hybridized carbons (Fsp3) is 0.648. The first-order valence-corrected chi connectivity index (χ1v) is 30.5. The molecule has 1 unspecified atom stereocenters. The van der Waals surface area contributed by atoms with Gasteiger partial charge in [0.2, 0.25) is 59.1 Å². The number of nitrogens with two attached hydrogens (primary N) is 2. The summed E-state index contributed by atoms with van der Waals surface area (Å²) < 4.78 is 6.22. The van der Waals surface area contributed by atoms with Crippen LogP contribution in [-0.4, -0.2) is 190 Å². The smallest absolute Gasteiger partial charge is 0.266 e. The Labute approximate surface area is 495 Å². The fourth-order valence-electron chi connectivity index (χ4n) is 9.89. The molecule has 0 aliphatic carbocycles. The van der Waals surface area contributed by atoms with Gasteiger partial charge >= 0.3 is 0 Å². The molecule has 11 amide bonds. The lowest BCUT2D eigenvalue weighted by Crippen LogP contribution is -2.61. The number of hydrogen-bond acceptors (Lipinski definition) is 19. The van der Waals surface area contributed by atoms with Crippen LogP contribution in [0.1, 0.15) is 116 Å². The van der Waals surface area contributed by atoms with E-state index in [1.807, 2.05) is 18.2 Å². The standard InChI is InChI=1S/C54H80N12O16S2/c1-29(2)19-36-49(75)60-37(23-44(70)71)48(74)58-30(3)53(79)65-15-9-12-41(65)51(77)64-45(31(4)67)52(78)62-38(46(56)72)27-83-25-32-20-33-22-34(21-32)81-17-7-5-6-8-18-82-57-24-43(69)59-35(13-14-42(55)68)47(73)63-39(28-84-26-33)54(80)66-16-10-11-40(66)50(76)61-36/h20-22,24,29-31,35-41,45,67H,5-19,23,25-28H2,1-4H3,(H2,55,68)(H2,56,72)(H,58,74)(H,59,69)(H,60,75)(H,61,76)(H,62,78)(H,63,73)(H,64,77)(H,70,71)/p-1/b57-24+/t30-,31+,35-,36-,37-,38-,39-,40-,41-,45?/m0/s1. The summed E-state index contributed by atoms with van der Waals surface area (Å²) >= 11 is 2.45. The Balaban J connectivity index is 1.55. The Morgan fingerprint density at radius 1 is 0.690 bits per heavy atom. The average Bonchev–Trinajstić information content (AvgIpc) is 4.34. The summed E-state index contributed by atoms with van der Waals surface area (Å²) in [5.41, 5.74) is 12.7. The van der Waals surface area contributed by atoms with E-state index in [-0.39, 0.29) is 80.7 Å². The fourth-order valence-corrected chi connectivity index (χ4v) is 11.9. The first kappa shape index (κ1) is 67.6. The van der Waals surface area contributed by atoms with Crippen LogP contribution in [-0.2, 0) is 73.9 Å². The highest BCUT2D eigenvalue weighted by Gasteiger charge is 2.42. The van der Waals surface area contributed by atoms with E-state index in [1.165, 1.54) is 42.3 Å². The molecule has 2 fully saturated rings. The number of aliphatic hydroxyl groups excluding tert-OH is 1. The molecule has 4 heterocycles. The molecule has 5 rings (SSSR count). The minimum absolute atomic E-state index is 0.0267. The van der Waals surface area contributed by atoms with Crippen molar-refractivity contribution in [2.45, 2.75) is 177 Å². The molecule has 1 aromatic carbocycles. The van der Waals surface area contributed by atoms with Crippen molar-refractivity contribution in [3.8, 4) is 5.75 Å². The van der Waals surface area contributed by atoms with E-state index in [1.54, 1.807) is 13.8 Å².